The van der Waals surface area contributed by atoms with Gasteiger partial charge in [0.15, 0.2) is 0 Å². The molecule has 0 unspecified atom stereocenters. The van der Waals surface area contributed by atoms with E-state index in [0.717, 1.165) is 33.4 Å². The van der Waals surface area contributed by atoms with E-state index in [2.05, 4.69) is 22.2 Å². The van der Waals surface area contributed by atoms with Crippen LogP contribution in [0.2, 0.25) is 0 Å². The van der Waals surface area contributed by atoms with E-state index in [9.17, 15) is 9.59 Å². The summed E-state index contributed by atoms with van der Waals surface area (Å²) in [6, 6.07) is 13.4. The number of amides is 2. The molecule has 2 aromatic carbocycles. The van der Waals surface area contributed by atoms with Crippen LogP contribution in [0, 0.1) is 6.92 Å². The highest BCUT2D eigenvalue weighted by atomic mass is 16.1. The van der Waals surface area contributed by atoms with E-state index in [1.54, 1.807) is 0 Å². The van der Waals surface area contributed by atoms with E-state index in [-0.39, 0.29) is 5.91 Å². The molecule has 24 heavy (non-hydrogen) atoms. The highest BCUT2D eigenvalue weighted by molar-refractivity contribution is 6.05. The summed E-state index contributed by atoms with van der Waals surface area (Å²) in [6.07, 6.45) is 1.90. The summed E-state index contributed by atoms with van der Waals surface area (Å²) in [6.45, 7) is 5.42. The minimum Gasteiger partial charge on any atom is -0.357 e. The number of aromatic nitrogens is 1. The molecule has 120 valence electrons. The van der Waals surface area contributed by atoms with E-state index in [1.165, 1.54) is 6.08 Å². The van der Waals surface area contributed by atoms with Crippen molar-refractivity contribution < 1.29 is 9.59 Å². The smallest absolute Gasteiger partial charge is 0.247 e. The molecule has 0 saturated heterocycles. The van der Waals surface area contributed by atoms with Gasteiger partial charge in [0.2, 0.25) is 12.3 Å². The maximum Gasteiger partial charge on any atom is 0.247 e. The van der Waals surface area contributed by atoms with Crippen LogP contribution in [0.1, 0.15) is 5.69 Å². The molecular weight excluding hydrogens is 302 g/mol. The number of hydrogen-bond acceptors (Lipinski definition) is 2. The normalized spacial score (nSPS) is 10.4. The maximum atomic E-state index is 11.5. The topological polar surface area (TPSA) is 74.0 Å². The number of carbonyl (C=O) groups excluding carboxylic acids is 2. The number of aromatic amines is 1. The number of anilines is 2. The van der Waals surface area contributed by atoms with Crippen LogP contribution < -0.4 is 10.6 Å². The van der Waals surface area contributed by atoms with Gasteiger partial charge >= 0.3 is 0 Å². The van der Waals surface area contributed by atoms with Crippen molar-refractivity contribution in [2.75, 3.05) is 10.6 Å². The largest absolute Gasteiger partial charge is 0.357 e. The molecule has 3 N–H and O–H groups in total. The van der Waals surface area contributed by atoms with Crippen LogP contribution in [0.15, 0.2) is 55.1 Å². The molecule has 0 bridgehead atoms. The molecule has 5 heteroatoms. The van der Waals surface area contributed by atoms with Crippen molar-refractivity contribution in [3.05, 3.63) is 60.8 Å². The molecule has 0 aliphatic rings. The molecule has 0 atom stereocenters. The molecular formula is C19H17N3O2. The van der Waals surface area contributed by atoms with Crippen LogP contribution in [-0.4, -0.2) is 17.3 Å². The maximum absolute atomic E-state index is 11.5. The van der Waals surface area contributed by atoms with Crippen molar-refractivity contribution in [3.8, 4) is 11.1 Å². The first-order valence-corrected chi connectivity index (χ1v) is 7.48. The molecule has 0 saturated carbocycles. The lowest BCUT2D eigenvalue weighted by Gasteiger charge is -2.09. The summed E-state index contributed by atoms with van der Waals surface area (Å²) < 4.78 is 0. The van der Waals surface area contributed by atoms with Gasteiger partial charge in [0.25, 0.3) is 0 Å². The SMILES string of the molecule is C=CC(=O)Nc1cccc(-c2ccc(NC=O)c3[nH]c(C)cc23)c1. The van der Waals surface area contributed by atoms with Gasteiger partial charge < -0.3 is 15.6 Å². The van der Waals surface area contributed by atoms with Gasteiger partial charge in [-0.2, -0.15) is 0 Å². The summed E-state index contributed by atoms with van der Waals surface area (Å²) in [5.74, 6) is -0.250. The number of fused-ring (bicyclic) bond motifs is 1. The van der Waals surface area contributed by atoms with Gasteiger partial charge in [-0.05, 0) is 48.4 Å². The number of hydrogen-bond donors (Lipinski definition) is 3. The quantitative estimate of drug-likeness (QED) is 0.494. The zero-order chi connectivity index (χ0) is 17.1. The first-order valence-electron chi connectivity index (χ1n) is 7.48. The predicted molar refractivity (Wildman–Crippen MR) is 97.0 cm³/mol. The molecule has 3 aromatic rings. The lowest BCUT2D eigenvalue weighted by molar-refractivity contribution is -0.112. The monoisotopic (exact) mass is 319 g/mol. The van der Waals surface area contributed by atoms with Crippen LogP contribution >= 0.6 is 0 Å². The number of nitrogens with one attached hydrogen (secondary N) is 3. The molecule has 0 fully saturated rings. The number of aryl methyl sites for hydroxylation is 1. The average Bonchev–Trinajstić information content (AvgIpc) is 2.97. The fourth-order valence-corrected chi connectivity index (χ4v) is 2.75. The van der Waals surface area contributed by atoms with Gasteiger partial charge in [-0.3, -0.25) is 9.59 Å². The molecule has 3 rings (SSSR count). The molecule has 0 radical (unpaired) electrons. The first-order chi connectivity index (χ1) is 11.6. The molecule has 1 aromatic heterocycles. The van der Waals surface area contributed by atoms with Crippen molar-refractivity contribution in [2.24, 2.45) is 0 Å². The summed E-state index contributed by atoms with van der Waals surface area (Å²) in [4.78, 5) is 25.5. The third-order valence-corrected chi connectivity index (χ3v) is 3.77. The Labute approximate surface area is 139 Å². The molecule has 0 aliphatic heterocycles. The van der Waals surface area contributed by atoms with Crippen LogP contribution in [-0.2, 0) is 9.59 Å². The molecule has 0 spiro atoms. The van der Waals surface area contributed by atoms with Crippen molar-refractivity contribution in [1.82, 2.24) is 4.98 Å². The zero-order valence-electron chi connectivity index (χ0n) is 13.2. The molecule has 1 heterocycles. The third-order valence-electron chi connectivity index (χ3n) is 3.77. The number of H-pyrrole nitrogens is 1. The first kappa shape index (κ1) is 15.6. The van der Waals surface area contributed by atoms with Crippen LogP contribution in [0.4, 0.5) is 11.4 Å². The Bertz CT molecular complexity index is 941. The van der Waals surface area contributed by atoms with Crippen LogP contribution in [0.3, 0.4) is 0 Å². The predicted octanol–water partition coefficient (Wildman–Crippen LogP) is 3.84. The van der Waals surface area contributed by atoms with Gasteiger partial charge in [0.05, 0.1) is 11.2 Å². The minimum absolute atomic E-state index is 0.250. The Balaban J connectivity index is 2.11. The van der Waals surface area contributed by atoms with E-state index in [4.69, 9.17) is 0 Å². The minimum atomic E-state index is -0.250. The van der Waals surface area contributed by atoms with Gasteiger partial charge in [0.1, 0.15) is 0 Å². The Hall–Kier alpha value is -3.34. The highest BCUT2D eigenvalue weighted by Gasteiger charge is 2.11. The van der Waals surface area contributed by atoms with Crippen LogP contribution in [0.25, 0.3) is 22.0 Å². The van der Waals surface area contributed by atoms with Crippen LogP contribution in [0.5, 0.6) is 0 Å². The Morgan fingerprint density at radius 1 is 1.21 bits per heavy atom. The Morgan fingerprint density at radius 3 is 2.79 bits per heavy atom. The fraction of sp³-hybridized carbons (Fsp3) is 0.0526. The summed E-state index contributed by atoms with van der Waals surface area (Å²) in [5, 5.41) is 6.48. The van der Waals surface area contributed by atoms with Crippen molar-refractivity contribution >= 4 is 34.6 Å². The second kappa shape index (κ2) is 6.42. The molecule has 0 aliphatic carbocycles. The summed E-state index contributed by atoms with van der Waals surface area (Å²) in [5.41, 5.74) is 5.29. The zero-order valence-corrected chi connectivity index (χ0v) is 13.2. The average molecular weight is 319 g/mol. The van der Waals surface area contributed by atoms with Gasteiger partial charge in [-0.1, -0.05) is 24.8 Å². The lowest BCUT2D eigenvalue weighted by Crippen LogP contribution is -2.06. The van der Waals surface area contributed by atoms with Gasteiger partial charge in [0, 0.05) is 16.8 Å². The summed E-state index contributed by atoms with van der Waals surface area (Å²) in [7, 11) is 0. The fourth-order valence-electron chi connectivity index (χ4n) is 2.75. The Morgan fingerprint density at radius 2 is 2.04 bits per heavy atom. The molecule has 5 nitrogen and oxygen atoms in total. The van der Waals surface area contributed by atoms with E-state index in [1.807, 2.05) is 49.4 Å². The van der Waals surface area contributed by atoms with E-state index in [0.29, 0.717) is 12.1 Å². The van der Waals surface area contributed by atoms with E-state index < -0.39 is 0 Å². The lowest BCUT2D eigenvalue weighted by atomic mass is 10.00. The number of rotatable bonds is 5. The molecule has 2 amide bonds. The Kier molecular flexibility index (Phi) is 4.16. The third kappa shape index (κ3) is 2.92. The summed E-state index contributed by atoms with van der Waals surface area (Å²) >= 11 is 0. The number of carbonyl (C=O) groups is 2. The highest BCUT2D eigenvalue weighted by Crippen LogP contribution is 2.34. The van der Waals surface area contributed by atoms with Crippen molar-refractivity contribution in [3.63, 3.8) is 0 Å². The second-order valence-corrected chi connectivity index (χ2v) is 5.44. The standard InChI is InChI=1S/C19H17N3O2/c1-3-18(24)22-14-6-4-5-13(10-14)15-7-8-17(20-11-23)19-16(15)9-12(2)21-19/h3-11,21H,1H2,2H3,(H,20,23)(H,22,24). The van der Waals surface area contributed by atoms with Crippen molar-refractivity contribution in [1.29, 1.82) is 0 Å². The van der Waals surface area contributed by atoms with Gasteiger partial charge in [-0.15, -0.1) is 0 Å². The van der Waals surface area contributed by atoms with E-state index >= 15 is 0 Å². The second-order valence-electron chi connectivity index (χ2n) is 5.44. The number of benzene rings is 2. The van der Waals surface area contributed by atoms with Gasteiger partial charge in [-0.25, -0.2) is 0 Å². The van der Waals surface area contributed by atoms with Crippen molar-refractivity contribution in [2.45, 2.75) is 6.92 Å².